The first-order valence-electron chi connectivity index (χ1n) is 7.15. The van der Waals surface area contributed by atoms with Crippen LogP contribution < -0.4 is 10.6 Å². The van der Waals surface area contributed by atoms with E-state index in [9.17, 15) is 8.78 Å². The summed E-state index contributed by atoms with van der Waals surface area (Å²) in [7, 11) is 0. The zero-order valence-electron chi connectivity index (χ0n) is 11.8. The van der Waals surface area contributed by atoms with Crippen molar-refractivity contribution in [2.45, 2.75) is 32.7 Å². The average Bonchev–Trinajstić information content (AvgIpc) is 3.23. The molecule has 3 nitrogen and oxygen atoms in total. The lowest BCUT2D eigenvalue weighted by molar-refractivity contribution is 0.585. The number of guanidine groups is 1. The van der Waals surface area contributed by atoms with Crippen LogP contribution in [0.4, 0.5) is 8.78 Å². The Kier molecular flexibility index (Phi) is 5.32. The molecule has 1 aromatic rings. The lowest BCUT2D eigenvalue weighted by Gasteiger charge is -2.11. The molecule has 0 aliphatic heterocycles. The first-order chi connectivity index (χ1) is 9.69. The summed E-state index contributed by atoms with van der Waals surface area (Å²) in [6.07, 6.45) is 3.78. The number of nitrogens with one attached hydrogen (secondary N) is 2. The van der Waals surface area contributed by atoms with Crippen molar-refractivity contribution in [2.24, 2.45) is 10.9 Å². The second-order valence-corrected chi connectivity index (χ2v) is 5.09. The lowest BCUT2D eigenvalue weighted by Crippen LogP contribution is -2.37. The molecule has 0 radical (unpaired) electrons. The second-order valence-electron chi connectivity index (χ2n) is 5.09. The molecule has 0 heterocycles. The van der Waals surface area contributed by atoms with Crippen molar-refractivity contribution in [1.82, 2.24) is 10.6 Å². The fourth-order valence-electron chi connectivity index (χ4n) is 1.97. The van der Waals surface area contributed by atoms with Crippen LogP contribution in [0, 0.1) is 17.6 Å². The number of halogens is 2. The first-order valence-corrected chi connectivity index (χ1v) is 7.15. The van der Waals surface area contributed by atoms with E-state index in [1.807, 2.05) is 6.92 Å². The summed E-state index contributed by atoms with van der Waals surface area (Å²) < 4.78 is 26.6. The predicted molar refractivity (Wildman–Crippen MR) is 76.5 cm³/mol. The molecule has 20 heavy (non-hydrogen) atoms. The van der Waals surface area contributed by atoms with E-state index in [4.69, 9.17) is 0 Å². The van der Waals surface area contributed by atoms with Gasteiger partial charge in [-0.2, -0.15) is 0 Å². The molecule has 1 aliphatic carbocycles. The Balaban J connectivity index is 1.90. The van der Waals surface area contributed by atoms with Crippen molar-refractivity contribution in [1.29, 1.82) is 0 Å². The topological polar surface area (TPSA) is 36.4 Å². The van der Waals surface area contributed by atoms with Crippen LogP contribution in [0.2, 0.25) is 0 Å². The number of hydrogen-bond acceptors (Lipinski definition) is 1. The van der Waals surface area contributed by atoms with Gasteiger partial charge in [0.2, 0.25) is 0 Å². The smallest absolute Gasteiger partial charge is 0.191 e. The fourth-order valence-corrected chi connectivity index (χ4v) is 1.97. The molecule has 0 spiro atoms. The highest BCUT2D eigenvalue weighted by atomic mass is 19.1. The second kappa shape index (κ2) is 7.22. The molecule has 0 bridgehead atoms. The highest BCUT2D eigenvalue weighted by Gasteiger charge is 2.20. The number of rotatable bonds is 6. The molecule has 1 aromatic carbocycles. The van der Waals surface area contributed by atoms with Crippen molar-refractivity contribution < 1.29 is 8.78 Å². The van der Waals surface area contributed by atoms with E-state index in [0.717, 1.165) is 37.6 Å². The van der Waals surface area contributed by atoms with Crippen molar-refractivity contribution in [2.75, 3.05) is 13.1 Å². The minimum atomic E-state index is -0.441. The van der Waals surface area contributed by atoms with Crippen LogP contribution in [-0.4, -0.2) is 19.0 Å². The molecule has 2 N–H and O–H groups in total. The number of aliphatic imine (C=N–C) groups is 1. The van der Waals surface area contributed by atoms with E-state index in [2.05, 4.69) is 15.6 Å². The van der Waals surface area contributed by atoms with E-state index >= 15 is 0 Å². The van der Waals surface area contributed by atoms with Crippen LogP contribution in [-0.2, 0) is 6.54 Å². The molecule has 0 atom stereocenters. The summed E-state index contributed by atoms with van der Waals surface area (Å²) in [6.45, 7) is 3.70. The van der Waals surface area contributed by atoms with Gasteiger partial charge in [-0.3, -0.25) is 0 Å². The summed E-state index contributed by atoms with van der Waals surface area (Å²) in [6, 6.07) is 3.43. The molecule has 1 fully saturated rings. The van der Waals surface area contributed by atoms with Crippen molar-refractivity contribution >= 4 is 5.96 Å². The van der Waals surface area contributed by atoms with Gasteiger partial charge >= 0.3 is 0 Å². The minimum absolute atomic E-state index is 0.127. The van der Waals surface area contributed by atoms with Gasteiger partial charge in [0.25, 0.3) is 0 Å². The maximum atomic E-state index is 13.5. The van der Waals surface area contributed by atoms with E-state index in [0.29, 0.717) is 5.96 Å². The maximum Gasteiger partial charge on any atom is 0.191 e. The van der Waals surface area contributed by atoms with Crippen molar-refractivity contribution in [3.8, 4) is 0 Å². The zero-order valence-corrected chi connectivity index (χ0v) is 11.8. The SMILES string of the molecule is CCNC(=NCc1cc(F)ccc1F)NCCC1CC1. The molecule has 2 rings (SSSR count). The quantitative estimate of drug-likeness (QED) is 0.621. The Bertz CT molecular complexity index is 470. The minimum Gasteiger partial charge on any atom is -0.357 e. The Morgan fingerprint density at radius 1 is 1.30 bits per heavy atom. The number of hydrogen-bond donors (Lipinski definition) is 2. The molecule has 1 saturated carbocycles. The van der Waals surface area contributed by atoms with Gasteiger partial charge in [-0.1, -0.05) is 12.8 Å². The maximum absolute atomic E-state index is 13.5. The van der Waals surface area contributed by atoms with Crippen LogP contribution in [0.3, 0.4) is 0 Å². The third-order valence-corrected chi connectivity index (χ3v) is 3.30. The monoisotopic (exact) mass is 281 g/mol. The Labute approximate surface area is 118 Å². The van der Waals surface area contributed by atoms with Crippen LogP contribution in [0.25, 0.3) is 0 Å². The summed E-state index contributed by atoms with van der Waals surface area (Å²) >= 11 is 0. The Hall–Kier alpha value is -1.65. The van der Waals surface area contributed by atoms with E-state index in [1.165, 1.54) is 18.9 Å². The van der Waals surface area contributed by atoms with E-state index < -0.39 is 11.6 Å². The highest BCUT2D eigenvalue weighted by molar-refractivity contribution is 5.79. The van der Waals surface area contributed by atoms with Gasteiger partial charge in [0, 0.05) is 18.7 Å². The van der Waals surface area contributed by atoms with Gasteiger partial charge in [0.1, 0.15) is 11.6 Å². The van der Waals surface area contributed by atoms with E-state index in [-0.39, 0.29) is 12.1 Å². The summed E-state index contributed by atoms with van der Waals surface area (Å²) in [4.78, 5) is 4.29. The fraction of sp³-hybridized carbons (Fsp3) is 0.533. The van der Waals surface area contributed by atoms with Crippen molar-refractivity contribution in [3.63, 3.8) is 0 Å². The average molecular weight is 281 g/mol. The molecule has 0 amide bonds. The summed E-state index contributed by atoms with van der Waals surface area (Å²) in [5.74, 6) is 0.634. The standard InChI is InChI=1S/C15H21F2N3/c1-2-18-15(19-8-7-11-3-4-11)20-10-12-9-13(16)5-6-14(12)17/h5-6,9,11H,2-4,7-8,10H2,1H3,(H2,18,19,20). The van der Waals surface area contributed by atoms with E-state index in [1.54, 1.807) is 0 Å². The molecule has 5 heteroatoms. The third kappa shape index (κ3) is 4.79. The van der Waals surface area contributed by atoms with Crippen LogP contribution in [0.15, 0.2) is 23.2 Å². The van der Waals surface area contributed by atoms with Crippen LogP contribution in [0.1, 0.15) is 31.7 Å². The van der Waals surface area contributed by atoms with Gasteiger partial charge in [0.15, 0.2) is 5.96 Å². The van der Waals surface area contributed by atoms with Crippen molar-refractivity contribution in [3.05, 3.63) is 35.4 Å². The number of nitrogens with zero attached hydrogens (tertiary/aromatic N) is 1. The molecule has 0 aromatic heterocycles. The van der Waals surface area contributed by atoms with Gasteiger partial charge in [-0.15, -0.1) is 0 Å². The van der Waals surface area contributed by atoms with Gasteiger partial charge in [0.05, 0.1) is 6.54 Å². The largest absolute Gasteiger partial charge is 0.357 e. The van der Waals surface area contributed by atoms with Gasteiger partial charge in [-0.25, -0.2) is 13.8 Å². The summed E-state index contributed by atoms with van der Waals surface area (Å²) in [5.41, 5.74) is 0.268. The Morgan fingerprint density at radius 3 is 2.80 bits per heavy atom. The number of benzene rings is 1. The predicted octanol–water partition coefficient (Wildman–Crippen LogP) is 2.82. The molecular weight excluding hydrogens is 260 g/mol. The van der Waals surface area contributed by atoms with Crippen LogP contribution in [0.5, 0.6) is 0 Å². The first kappa shape index (κ1) is 14.8. The normalized spacial score (nSPS) is 15.2. The van der Waals surface area contributed by atoms with Gasteiger partial charge < -0.3 is 10.6 Å². The molecule has 110 valence electrons. The van der Waals surface area contributed by atoms with Crippen LogP contribution >= 0.6 is 0 Å². The lowest BCUT2D eigenvalue weighted by atomic mass is 10.2. The molecule has 1 aliphatic rings. The highest BCUT2D eigenvalue weighted by Crippen LogP contribution is 2.31. The summed E-state index contributed by atoms with van der Waals surface area (Å²) in [5, 5.41) is 6.32. The zero-order chi connectivity index (χ0) is 14.4. The molecule has 0 unspecified atom stereocenters. The third-order valence-electron chi connectivity index (χ3n) is 3.30. The van der Waals surface area contributed by atoms with Gasteiger partial charge in [-0.05, 0) is 37.5 Å². The molecule has 0 saturated heterocycles. The molecular formula is C15H21F2N3. The Morgan fingerprint density at radius 2 is 2.10 bits per heavy atom.